The predicted molar refractivity (Wildman–Crippen MR) is 118 cm³/mol. The van der Waals surface area contributed by atoms with E-state index in [0.717, 1.165) is 50.0 Å². The van der Waals surface area contributed by atoms with Crippen LogP contribution in [-0.4, -0.2) is 24.2 Å². The summed E-state index contributed by atoms with van der Waals surface area (Å²) in [5.41, 5.74) is 14.1. The molecule has 4 N–H and O–H groups in total. The second kappa shape index (κ2) is 8.55. The van der Waals surface area contributed by atoms with E-state index in [2.05, 4.69) is 29.3 Å². The van der Waals surface area contributed by atoms with Crippen LogP contribution >= 0.6 is 0 Å². The minimum Gasteiger partial charge on any atom is -0.494 e. The largest absolute Gasteiger partial charge is 0.494 e. The topological polar surface area (TPSA) is 89.2 Å². The quantitative estimate of drug-likeness (QED) is 0.733. The molecule has 0 unspecified atom stereocenters. The van der Waals surface area contributed by atoms with E-state index in [0.29, 0.717) is 12.6 Å². The minimum absolute atomic E-state index is 0.277. The molecular formula is C23H29N5O. The molecule has 0 amide bonds. The van der Waals surface area contributed by atoms with Crippen molar-refractivity contribution in [3.8, 4) is 5.75 Å². The van der Waals surface area contributed by atoms with Gasteiger partial charge in [0.05, 0.1) is 6.61 Å². The van der Waals surface area contributed by atoms with Crippen LogP contribution in [0.3, 0.4) is 0 Å². The summed E-state index contributed by atoms with van der Waals surface area (Å²) < 4.78 is 5.92. The molecule has 6 heteroatoms. The Labute approximate surface area is 172 Å². The molecule has 152 valence electrons. The molecule has 1 heterocycles. The molecule has 2 aromatic carbocycles. The summed E-state index contributed by atoms with van der Waals surface area (Å²) in [6.07, 6.45) is 7.31. The van der Waals surface area contributed by atoms with Crippen molar-refractivity contribution < 1.29 is 4.74 Å². The maximum atomic E-state index is 6.28. The van der Waals surface area contributed by atoms with Gasteiger partial charge in [-0.05, 0) is 68.4 Å². The second-order valence-corrected chi connectivity index (χ2v) is 7.75. The standard InChI is InChI=1S/C23H29N5O/c24-21-26-22(25)28(23(27-21)15-5-2-6-16-23)19-11-13-20(14-12-19)29-17-7-10-18-8-3-1-4-9-18/h1,3-4,8-9,11-14H,2,5-7,10,15-17H2,(H4,24,25,26,27). The van der Waals surface area contributed by atoms with Crippen LogP contribution in [0.5, 0.6) is 5.75 Å². The van der Waals surface area contributed by atoms with E-state index in [1.165, 1.54) is 12.0 Å². The van der Waals surface area contributed by atoms with Gasteiger partial charge in [-0.15, -0.1) is 0 Å². The van der Waals surface area contributed by atoms with Gasteiger partial charge in [0.25, 0.3) is 0 Å². The van der Waals surface area contributed by atoms with E-state index < -0.39 is 5.66 Å². The average Bonchev–Trinajstić information content (AvgIpc) is 2.73. The molecule has 0 radical (unpaired) electrons. The molecule has 1 fully saturated rings. The first-order valence-electron chi connectivity index (χ1n) is 10.4. The monoisotopic (exact) mass is 391 g/mol. The Bertz CT molecular complexity index is 870. The van der Waals surface area contributed by atoms with Crippen molar-refractivity contribution in [2.24, 2.45) is 21.5 Å². The number of aliphatic imine (C=N–C) groups is 2. The molecular weight excluding hydrogens is 362 g/mol. The highest BCUT2D eigenvalue weighted by molar-refractivity contribution is 6.05. The van der Waals surface area contributed by atoms with Crippen LogP contribution in [0.15, 0.2) is 64.6 Å². The van der Waals surface area contributed by atoms with Crippen molar-refractivity contribution in [3.05, 3.63) is 60.2 Å². The summed E-state index contributed by atoms with van der Waals surface area (Å²) in [6.45, 7) is 0.687. The van der Waals surface area contributed by atoms with Gasteiger partial charge in [0.1, 0.15) is 11.4 Å². The molecule has 1 aliphatic carbocycles. The molecule has 29 heavy (non-hydrogen) atoms. The van der Waals surface area contributed by atoms with Crippen LogP contribution in [0.25, 0.3) is 0 Å². The molecule has 6 nitrogen and oxygen atoms in total. The fourth-order valence-electron chi connectivity index (χ4n) is 4.30. The molecule has 2 aromatic rings. The van der Waals surface area contributed by atoms with E-state index in [-0.39, 0.29) is 5.96 Å². The summed E-state index contributed by atoms with van der Waals surface area (Å²) in [5.74, 6) is 1.55. The number of nitrogens with two attached hydrogens (primary N) is 2. The number of nitrogens with zero attached hydrogens (tertiary/aromatic N) is 3. The number of anilines is 1. The van der Waals surface area contributed by atoms with E-state index in [1.807, 2.05) is 35.2 Å². The highest BCUT2D eigenvalue weighted by Gasteiger charge is 2.42. The Morgan fingerprint density at radius 2 is 1.66 bits per heavy atom. The first-order chi connectivity index (χ1) is 14.2. The van der Waals surface area contributed by atoms with Crippen molar-refractivity contribution in [3.63, 3.8) is 0 Å². The predicted octanol–water partition coefficient (Wildman–Crippen LogP) is 3.81. The zero-order valence-corrected chi connectivity index (χ0v) is 16.8. The summed E-state index contributed by atoms with van der Waals surface area (Å²) >= 11 is 0. The molecule has 2 aliphatic rings. The summed E-state index contributed by atoms with van der Waals surface area (Å²) in [7, 11) is 0. The smallest absolute Gasteiger partial charge is 0.220 e. The Morgan fingerprint density at radius 1 is 0.931 bits per heavy atom. The van der Waals surface area contributed by atoms with Crippen LogP contribution in [0.1, 0.15) is 44.1 Å². The Balaban J connectivity index is 1.40. The van der Waals surface area contributed by atoms with Gasteiger partial charge in [-0.2, -0.15) is 4.99 Å². The van der Waals surface area contributed by atoms with Crippen LogP contribution in [0, 0.1) is 0 Å². The van der Waals surface area contributed by atoms with E-state index >= 15 is 0 Å². The summed E-state index contributed by atoms with van der Waals surface area (Å²) in [6, 6.07) is 18.5. The molecule has 0 atom stereocenters. The van der Waals surface area contributed by atoms with Gasteiger partial charge in [-0.25, -0.2) is 4.99 Å². The lowest BCUT2D eigenvalue weighted by Crippen LogP contribution is -2.58. The third kappa shape index (κ3) is 4.36. The number of aryl methyl sites for hydroxylation is 1. The second-order valence-electron chi connectivity index (χ2n) is 7.75. The molecule has 1 saturated carbocycles. The first kappa shape index (κ1) is 19.3. The van der Waals surface area contributed by atoms with Gasteiger partial charge < -0.3 is 16.2 Å². The van der Waals surface area contributed by atoms with E-state index in [4.69, 9.17) is 21.2 Å². The van der Waals surface area contributed by atoms with Gasteiger partial charge >= 0.3 is 0 Å². The SMILES string of the molecule is NC1=NC2(CCCCC2)N(c2ccc(OCCCc3ccccc3)cc2)C(N)=N1. The van der Waals surface area contributed by atoms with Gasteiger partial charge in [-0.1, -0.05) is 36.8 Å². The number of hydrogen-bond donors (Lipinski definition) is 2. The van der Waals surface area contributed by atoms with Gasteiger partial charge in [0, 0.05) is 5.69 Å². The summed E-state index contributed by atoms with van der Waals surface area (Å²) in [4.78, 5) is 11.0. The van der Waals surface area contributed by atoms with E-state index in [9.17, 15) is 0 Å². The average molecular weight is 392 g/mol. The molecule has 1 aliphatic heterocycles. The minimum atomic E-state index is -0.410. The van der Waals surface area contributed by atoms with Crippen molar-refractivity contribution in [2.75, 3.05) is 11.5 Å². The number of benzene rings is 2. The first-order valence-corrected chi connectivity index (χ1v) is 10.4. The fourth-order valence-corrected chi connectivity index (χ4v) is 4.30. The van der Waals surface area contributed by atoms with Crippen molar-refractivity contribution in [1.82, 2.24) is 0 Å². The normalized spacial score (nSPS) is 18.3. The number of hydrogen-bond acceptors (Lipinski definition) is 6. The summed E-state index contributed by atoms with van der Waals surface area (Å²) in [5, 5.41) is 0. The molecule has 0 bridgehead atoms. The Hall–Kier alpha value is -3.02. The van der Waals surface area contributed by atoms with Crippen molar-refractivity contribution >= 4 is 17.6 Å². The van der Waals surface area contributed by atoms with Gasteiger partial charge in [0.15, 0.2) is 0 Å². The maximum absolute atomic E-state index is 6.28. The Kier molecular flexibility index (Phi) is 5.69. The van der Waals surface area contributed by atoms with Crippen molar-refractivity contribution in [2.45, 2.75) is 50.6 Å². The van der Waals surface area contributed by atoms with Crippen LogP contribution < -0.4 is 21.1 Å². The van der Waals surface area contributed by atoms with Gasteiger partial charge in [-0.3, -0.25) is 4.90 Å². The van der Waals surface area contributed by atoms with Crippen LogP contribution in [0.2, 0.25) is 0 Å². The third-order valence-electron chi connectivity index (χ3n) is 5.67. The lowest BCUT2D eigenvalue weighted by molar-refractivity contribution is 0.304. The molecule has 4 rings (SSSR count). The molecule has 1 spiro atoms. The highest BCUT2D eigenvalue weighted by Crippen LogP contribution is 2.39. The van der Waals surface area contributed by atoms with Crippen molar-refractivity contribution in [1.29, 1.82) is 0 Å². The number of ether oxygens (including phenoxy) is 1. The number of rotatable bonds is 6. The lowest BCUT2D eigenvalue weighted by atomic mass is 9.87. The fraction of sp³-hybridized carbons (Fsp3) is 0.391. The third-order valence-corrected chi connectivity index (χ3v) is 5.67. The van der Waals surface area contributed by atoms with Crippen LogP contribution in [-0.2, 0) is 6.42 Å². The van der Waals surface area contributed by atoms with Gasteiger partial charge in [0.2, 0.25) is 11.9 Å². The molecule has 0 saturated heterocycles. The molecule has 0 aromatic heterocycles. The zero-order valence-electron chi connectivity index (χ0n) is 16.8. The zero-order chi connectivity index (χ0) is 20.1. The maximum Gasteiger partial charge on any atom is 0.220 e. The number of guanidine groups is 2. The lowest BCUT2D eigenvalue weighted by Gasteiger charge is -2.45. The highest BCUT2D eigenvalue weighted by atomic mass is 16.5. The Morgan fingerprint density at radius 3 is 2.38 bits per heavy atom. The van der Waals surface area contributed by atoms with Crippen LogP contribution in [0.4, 0.5) is 5.69 Å². The van der Waals surface area contributed by atoms with E-state index in [1.54, 1.807) is 0 Å².